The zero-order valence-corrected chi connectivity index (χ0v) is 16.4. The van der Waals surface area contributed by atoms with Crippen molar-refractivity contribution >= 4 is 22.6 Å². The second-order valence-corrected chi connectivity index (χ2v) is 7.73. The predicted octanol–water partition coefficient (Wildman–Crippen LogP) is 2.81. The van der Waals surface area contributed by atoms with E-state index < -0.39 is 11.6 Å². The van der Waals surface area contributed by atoms with Crippen molar-refractivity contribution in [3.8, 4) is 5.75 Å². The van der Waals surface area contributed by atoms with Crippen LogP contribution in [-0.2, 0) is 22.5 Å². The summed E-state index contributed by atoms with van der Waals surface area (Å²) in [6, 6.07) is 5.31. The van der Waals surface area contributed by atoms with Gasteiger partial charge in [-0.15, -0.1) is 0 Å². The molecule has 7 nitrogen and oxygen atoms in total. The number of nitrogens with zero attached hydrogens (tertiary/aromatic N) is 2. The Labute approximate surface area is 167 Å². The summed E-state index contributed by atoms with van der Waals surface area (Å²) in [5, 5.41) is 21.0. The normalized spacial score (nSPS) is 22.8. The van der Waals surface area contributed by atoms with Gasteiger partial charge in [0.2, 0.25) is 0 Å². The van der Waals surface area contributed by atoms with Crippen LogP contribution in [0.15, 0.2) is 35.4 Å². The second-order valence-electron chi connectivity index (χ2n) is 7.73. The van der Waals surface area contributed by atoms with Crippen molar-refractivity contribution < 1.29 is 24.8 Å². The topological polar surface area (TPSA) is 92.1 Å². The zero-order valence-electron chi connectivity index (χ0n) is 16.4. The first-order valence-electron chi connectivity index (χ1n) is 9.86. The number of cyclic esters (lactones) is 1. The van der Waals surface area contributed by atoms with Gasteiger partial charge in [0.25, 0.3) is 0 Å². The molecular formula is C22H22N2O5. The number of aliphatic hydroxyl groups is 1. The Kier molecular flexibility index (Phi) is 3.94. The van der Waals surface area contributed by atoms with Crippen molar-refractivity contribution in [2.75, 3.05) is 13.2 Å². The SMILES string of the molecule is CCc1c2c(nc3ccc(OO)cc13)C1=CC3=C(COC(=O)[C@]3(O)CC)CN1C2. The van der Waals surface area contributed by atoms with Crippen molar-refractivity contribution in [3.05, 3.63) is 52.2 Å². The molecule has 1 aromatic carbocycles. The highest BCUT2D eigenvalue weighted by molar-refractivity contribution is 5.91. The van der Waals surface area contributed by atoms with Gasteiger partial charge in [-0.3, -0.25) is 0 Å². The van der Waals surface area contributed by atoms with Crippen LogP contribution in [0.3, 0.4) is 0 Å². The molecule has 2 N–H and O–H groups in total. The molecule has 0 saturated carbocycles. The summed E-state index contributed by atoms with van der Waals surface area (Å²) >= 11 is 0. The number of aryl methyl sites for hydroxylation is 1. The minimum atomic E-state index is -1.60. The minimum absolute atomic E-state index is 0.209. The van der Waals surface area contributed by atoms with E-state index in [1.807, 2.05) is 12.1 Å². The molecule has 2 aromatic rings. The van der Waals surface area contributed by atoms with Crippen LogP contribution in [0, 0.1) is 0 Å². The van der Waals surface area contributed by atoms with Crippen molar-refractivity contribution in [2.45, 2.75) is 38.8 Å². The second kappa shape index (κ2) is 6.30. The maximum Gasteiger partial charge on any atom is 0.343 e. The lowest BCUT2D eigenvalue weighted by atomic mass is 9.83. The number of pyridine rings is 1. The molecule has 1 aromatic heterocycles. The van der Waals surface area contributed by atoms with Gasteiger partial charge in [0, 0.05) is 29.6 Å². The predicted molar refractivity (Wildman–Crippen MR) is 106 cm³/mol. The van der Waals surface area contributed by atoms with Crippen LogP contribution in [0.5, 0.6) is 5.75 Å². The largest absolute Gasteiger partial charge is 0.459 e. The molecule has 150 valence electrons. The van der Waals surface area contributed by atoms with E-state index >= 15 is 0 Å². The average Bonchev–Trinajstić information content (AvgIpc) is 3.10. The number of rotatable bonds is 3. The molecule has 0 unspecified atom stereocenters. The maximum absolute atomic E-state index is 12.3. The molecular weight excluding hydrogens is 372 g/mol. The van der Waals surface area contributed by atoms with Crippen molar-refractivity contribution in [1.29, 1.82) is 0 Å². The van der Waals surface area contributed by atoms with Gasteiger partial charge < -0.3 is 19.6 Å². The highest BCUT2D eigenvalue weighted by atomic mass is 17.1. The molecule has 0 fully saturated rings. The molecule has 3 aliphatic heterocycles. The van der Waals surface area contributed by atoms with E-state index in [0.29, 0.717) is 24.4 Å². The zero-order chi connectivity index (χ0) is 20.3. The molecule has 1 atom stereocenters. The first kappa shape index (κ1) is 18.1. The summed E-state index contributed by atoms with van der Waals surface area (Å²) in [5.41, 5.74) is 4.91. The summed E-state index contributed by atoms with van der Waals surface area (Å²) in [4.78, 5) is 23.8. The fourth-order valence-corrected chi connectivity index (χ4v) is 4.72. The van der Waals surface area contributed by atoms with Gasteiger partial charge in [0.1, 0.15) is 6.61 Å². The Hall–Kier alpha value is -2.90. The van der Waals surface area contributed by atoms with Crippen LogP contribution < -0.4 is 4.89 Å². The molecule has 29 heavy (non-hydrogen) atoms. The molecule has 7 heteroatoms. The van der Waals surface area contributed by atoms with E-state index in [4.69, 9.17) is 15.0 Å². The van der Waals surface area contributed by atoms with Crippen LogP contribution in [-0.4, -0.2) is 45.0 Å². The first-order valence-corrected chi connectivity index (χ1v) is 9.86. The first-order chi connectivity index (χ1) is 14.0. The Bertz CT molecular complexity index is 1120. The molecule has 0 spiro atoms. The van der Waals surface area contributed by atoms with E-state index in [-0.39, 0.29) is 13.0 Å². The van der Waals surface area contributed by atoms with E-state index in [1.165, 1.54) is 0 Å². The van der Waals surface area contributed by atoms with Crippen molar-refractivity contribution in [2.24, 2.45) is 0 Å². The Morgan fingerprint density at radius 1 is 1.31 bits per heavy atom. The lowest BCUT2D eigenvalue weighted by Crippen LogP contribution is -2.47. The van der Waals surface area contributed by atoms with Gasteiger partial charge >= 0.3 is 5.97 Å². The number of ether oxygens (including phenoxy) is 1. The summed E-state index contributed by atoms with van der Waals surface area (Å²) < 4.78 is 5.26. The number of fused-ring (bicyclic) bond motifs is 4. The summed E-state index contributed by atoms with van der Waals surface area (Å²) in [7, 11) is 0. The summed E-state index contributed by atoms with van der Waals surface area (Å²) in [6.45, 7) is 5.38. The highest BCUT2D eigenvalue weighted by Crippen LogP contribution is 2.44. The molecule has 5 rings (SSSR count). The third-order valence-electron chi connectivity index (χ3n) is 6.28. The van der Waals surface area contributed by atoms with Crippen LogP contribution >= 0.6 is 0 Å². The van der Waals surface area contributed by atoms with E-state index in [1.54, 1.807) is 19.1 Å². The third-order valence-corrected chi connectivity index (χ3v) is 6.28. The Morgan fingerprint density at radius 2 is 2.14 bits per heavy atom. The lowest BCUT2D eigenvalue weighted by Gasteiger charge is -2.37. The van der Waals surface area contributed by atoms with Gasteiger partial charge in [0.05, 0.1) is 16.9 Å². The van der Waals surface area contributed by atoms with Gasteiger partial charge in [-0.25, -0.2) is 15.0 Å². The smallest absolute Gasteiger partial charge is 0.343 e. The van der Waals surface area contributed by atoms with Crippen LogP contribution in [0.1, 0.15) is 37.1 Å². The number of carbonyl (C=O) groups excluding carboxylic acids is 1. The maximum atomic E-state index is 12.3. The minimum Gasteiger partial charge on any atom is -0.459 e. The molecule has 0 saturated heterocycles. The Morgan fingerprint density at radius 3 is 2.86 bits per heavy atom. The number of carbonyl (C=O) groups is 1. The molecule has 0 radical (unpaired) electrons. The fraction of sp³-hybridized carbons (Fsp3) is 0.364. The van der Waals surface area contributed by atoms with E-state index in [2.05, 4.69) is 16.7 Å². The standard InChI is InChI=1S/C22H22N2O5/c1-3-14-15-7-13(29-27)5-6-18(15)23-20-16(14)10-24-9-12-11-28-21(25)22(26,4-2)17(12)8-19(20)24/h5-8,26-27H,3-4,9-11H2,1-2H3/t22-/m0/s1. The van der Waals surface area contributed by atoms with Crippen molar-refractivity contribution in [3.63, 3.8) is 0 Å². The number of hydrogen-bond donors (Lipinski definition) is 2. The molecule has 0 bridgehead atoms. The highest BCUT2D eigenvalue weighted by Gasteiger charge is 2.46. The monoisotopic (exact) mass is 394 g/mol. The van der Waals surface area contributed by atoms with Gasteiger partial charge in [-0.1, -0.05) is 13.8 Å². The molecule has 3 aliphatic rings. The van der Waals surface area contributed by atoms with Crippen LogP contribution in [0.25, 0.3) is 16.6 Å². The molecule has 4 heterocycles. The van der Waals surface area contributed by atoms with Gasteiger partial charge in [-0.2, -0.15) is 0 Å². The van der Waals surface area contributed by atoms with Crippen LogP contribution in [0.2, 0.25) is 0 Å². The Balaban J connectivity index is 1.70. The van der Waals surface area contributed by atoms with Crippen LogP contribution in [0.4, 0.5) is 0 Å². The molecule has 0 amide bonds. The third kappa shape index (κ3) is 2.44. The number of esters is 1. The number of benzene rings is 1. The number of hydrogen-bond acceptors (Lipinski definition) is 7. The fourth-order valence-electron chi connectivity index (χ4n) is 4.72. The van der Waals surface area contributed by atoms with Crippen molar-refractivity contribution in [1.82, 2.24) is 9.88 Å². The average molecular weight is 394 g/mol. The van der Waals surface area contributed by atoms with E-state index in [0.717, 1.165) is 45.4 Å². The quantitative estimate of drug-likeness (QED) is 0.470. The van der Waals surface area contributed by atoms with Gasteiger partial charge in [-0.05, 0) is 48.3 Å². The van der Waals surface area contributed by atoms with Gasteiger partial charge in [0.15, 0.2) is 11.4 Å². The van der Waals surface area contributed by atoms with E-state index in [9.17, 15) is 9.90 Å². The lowest BCUT2D eigenvalue weighted by molar-refractivity contribution is -0.163. The summed E-state index contributed by atoms with van der Waals surface area (Å²) in [5.74, 6) is -0.204. The molecule has 0 aliphatic carbocycles. The number of aromatic nitrogens is 1. The summed E-state index contributed by atoms with van der Waals surface area (Å²) in [6.07, 6.45) is 2.99.